The van der Waals surface area contributed by atoms with Crippen molar-refractivity contribution in [3.8, 4) is 0 Å². The first-order chi connectivity index (χ1) is 10.7. The third kappa shape index (κ3) is 2.20. The molecule has 0 atom stereocenters. The Balaban J connectivity index is 1.66. The molecule has 1 amide bonds. The second-order valence-electron chi connectivity index (χ2n) is 6.06. The number of fused-ring (bicyclic) bond motifs is 3. The van der Waals surface area contributed by atoms with Crippen LogP contribution >= 0.6 is 11.3 Å². The Morgan fingerprint density at radius 3 is 2.86 bits per heavy atom. The number of imidazole rings is 1. The van der Waals surface area contributed by atoms with Crippen molar-refractivity contribution in [3.05, 3.63) is 35.3 Å². The summed E-state index contributed by atoms with van der Waals surface area (Å²) in [6, 6.07) is 8.44. The number of nitrogens with zero attached hydrogens (tertiary/aromatic N) is 3. The van der Waals surface area contributed by atoms with Crippen LogP contribution in [0.25, 0.3) is 16.0 Å². The molecule has 5 heteroatoms. The standard InChI is InChI=1S/C17H19N3OS/c1-19(12-7-3-2-4-8-12)16(21)15-11-20-14-10-6-5-9-13(14)18-17(20)22-15/h5-6,9-12H,2-4,7-8H2,1H3. The van der Waals surface area contributed by atoms with Gasteiger partial charge >= 0.3 is 0 Å². The van der Waals surface area contributed by atoms with Crippen molar-refractivity contribution in [1.82, 2.24) is 14.3 Å². The molecule has 0 spiro atoms. The highest BCUT2D eigenvalue weighted by molar-refractivity contribution is 7.18. The lowest BCUT2D eigenvalue weighted by Crippen LogP contribution is -2.37. The normalized spacial score (nSPS) is 16.4. The Morgan fingerprint density at radius 1 is 1.27 bits per heavy atom. The van der Waals surface area contributed by atoms with Crippen molar-refractivity contribution in [2.75, 3.05) is 7.05 Å². The number of hydrogen-bond acceptors (Lipinski definition) is 3. The molecule has 2 heterocycles. The fourth-order valence-corrected chi connectivity index (χ4v) is 4.35. The molecule has 0 saturated heterocycles. The molecule has 1 saturated carbocycles. The average molecular weight is 313 g/mol. The molecule has 4 rings (SSSR count). The zero-order valence-corrected chi connectivity index (χ0v) is 13.5. The van der Waals surface area contributed by atoms with Gasteiger partial charge in [-0.2, -0.15) is 0 Å². The Labute approximate surface area is 133 Å². The molecule has 0 aliphatic heterocycles. The topological polar surface area (TPSA) is 37.6 Å². The van der Waals surface area contributed by atoms with E-state index in [0.29, 0.717) is 6.04 Å². The monoisotopic (exact) mass is 313 g/mol. The van der Waals surface area contributed by atoms with Gasteiger partial charge in [0.2, 0.25) is 0 Å². The first-order valence-corrected chi connectivity index (χ1v) is 8.69. The van der Waals surface area contributed by atoms with Crippen molar-refractivity contribution < 1.29 is 4.79 Å². The fraction of sp³-hybridized carbons (Fsp3) is 0.412. The van der Waals surface area contributed by atoms with Crippen molar-refractivity contribution in [1.29, 1.82) is 0 Å². The van der Waals surface area contributed by atoms with Crippen LogP contribution in [0.15, 0.2) is 30.5 Å². The van der Waals surface area contributed by atoms with E-state index < -0.39 is 0 Å². The van der Waals surface area contributed by atoms with Crippen LogP contribution in [0.2, 0.25) is 0 Å². The Kier molecular flexibility index (Phi) is 3.37. The maximum Gasteiger partial charge on any atom is 0.265 e. The molecular formula is C17H19N3OS. The van der Waals surface area contributed by atoms with Crippen LogP contribution in [0, 0.1) is 0 Å². The molecule has 1 aliphatic rings. The van der Waals surface area contributed by atoms with Crippen molar-refractivity contribution >= 4 is 33.2 Å². The summed E-state index contributed by atoms with van der Waals surface area (Å²) in [5.41, 5.74) is 2.04. The minimum atomic E-state index is 0.131. The van der Waals surface area contributed by atoms with Crippen LogP contribution in [-0.2, 0) is 0 Å². The molecule has 1 aromatic carbocycles. The minimum absolute atomic E-state index is 0.131. The van der Waals surface area contributed by atoms with Gasteiger partial charge in [0.25, 0.3) is 5.91 Å². The quantitative estimate of drug-likeness (QED) is 0.718. The lowest BCUT2D eigenvalue weighted by molar-refractivity contribution is 0.0701. The van der Waals surface area contributed by atoms with E-state index in [1.807, 2.05) is 46.8 Å². The summed E-state index contributed by atoms with van der Waals surface area (Å²) in [6.07, 6.45) is 7.98. The molecule has 2 aromatic heterocycles. The molecular weight excluding hydrogens is 294 g/mol. The predicted molar refractivity (Wildman–Crippen MR) is 89.5 cm³/mol. The molecule has 22 heavy (non-hydrogen) atoms. The second-order valence-corrected chi connectivity index (χ2v) is 7.07. The van der Waals surface area contributed by atoms with Gasteiger partial charge in [-0.1, -0.05) is 42.7 Å². The van der Waals surface area contributed by atoms with Gasteiger partial charge in [0, 0.05) is 19.3 Å². The number of para-hydroxylation sites is 2. The molecule has 114 valence electrons. The number of carbonyl (C=O) groups excluding carboxylic acids is 1. The highest BCUT2D eigenvalue weighted by atomic mass is 32.1. The van der Waals surface area contributed by atoms with Crippen molar-refractivity contribution in [2.45, 2.75) is 38.1 Å². The van der Waals surface area contributed by atoms with E-state index >= 15 is 0 Å². The number of carbonyl (C=O) groups is 1. The summed E-state index contributed by atoms with van der Waals surface area (Å²) < 4.78 is 2.03. The number of hydrogen-bond donors (Lipinski definition) is 0. The summed E-state index contributed by atoms with van der Waals surface area (Å²) in [4.78, 5) is 21.0. The summed E-state index contributed by atoms with van der Waals surface area (Å²) in [6.45, 7) is 0. The molecule has 1 fully saturated rings. The van der Waals surface area contributed by atoms with E-state index in [9.17, 15) is 4.79 Å². The summed E-state index contributed by atoms with van der Waals surface area (Å²) in [7, 11) is 1.94. The van der Waals surface area contributed by atoms with Crippen LogP contribution in [0.4, 0.5) is 0 Å². The van der Waals surface area contributed by atoms with E-state index in [-0.39, 0.29) is 5.91 Å². The highest BCUT2D eigenvalue weighted by Gasteiger charge is 2.24. The molecule has 3 aromatic rings. The van der Waals surface area contributed by atoms with Gasteiger partial charge in [-0.3, -0.25) is 9.20 Å². The van der Waals surface area contributed by atoms with Gasteiger partial charge in [-0.05, 0) is 25.0 Å². The van der Waals surface area contributed by atoms with Crippen molar-refractivity contribution in [2.24, 2.45) is 0 Å². The zero-order valence-electron chi connectivity index (χ0n) is 12.7. The first-order valence-electron chi connectivity index (χ1n) is 7.88. The van der Waals surface area contributed by atoms with E-state index in [2.05, 4.69) is 4.98 Å². The van der Waals surface area contributed by atoms with Gasteiger partial charge < -0.3 is 4.90 Å². The molecule has 0 radical (unpaired) electrons. The summed E-state index contributed by atoms with van der Waals surface area (Å²) in [5.74, 6) is 0.131. The molecule has 1 aliphatic carbocycles. The van der Waals surface area contributed by atoms with Crippen LogP contribution in [0.5, 0.6) is 0 Å². The fourth-order valence-electron chi connectivity index (χ4n) is 3.37. The highest BCUT2D eigenvalue weighted by Crippen LogP contribution is 2.27. The van der Waals surface area contributed by atoms with Gasteiger partial charge in [0.15, 0.2) is 4.96 Å². The Hall–Kier alpha value is -1.88. The van der Waals surface area contributed by atoms with Crippen LogP contribution in [0.1, 0.15) is 41.8 Å². The molecule has 0 bridgehead atoms. The maximum atomic E-state index is 12.7. The number of aromatic nitrogens is 2. The van der Waals surface area contributed by atoms with E-state index in [1.54, 1.807) is 0 Å². The van der Waals surface area contributed by atoms with Gasteiger partial charge in [0.05, 0.1) is 11.0 Å². The summed E-state index contributed by atoms with van der Waals surface area (Å²) >= 11 is 1.48. The van der Waals surface area contributed by atoms with Crippen molar-refractivity contribution in [3.63, 3.8) is 0 Å². The lowest BCUT2D eigenvalue weighted by atomic mass is 9.94. The Bertz CT molecular complexity index is 829. The number of amides is 1. The third-order valence-corrected chi connectivity index (χ3v) is 5.64. The average Bonchev–Trinajstić information content (AvgIpc) is 3.12. The van der Waals surface area contributed by atoms with E-state index in [1.165, 1.54) is 30.6 Å². The second kappa shape index (κ2) is 5.39. The maximum absolute atomic E-state index is 12.7. The largest absolute Gasteiger partial charge is 0.338 e. The number of thiazole rings is 1. The lowest BCUT2D eigenvalue weighted by Gasteiger charge is -2.30. The SMILES string of the molecule is CN(C(=O)c1cn2c(nc3ccccc32)s1)C1CCCCC1. The van der Waals surface area contributed by atoms with E-state index in [4.69, 9.17) is 0 Å². The smallest absolute Gasteiger partial charge is 0.265 e. The summed E-state index contributed by atoms with van der Waals surface area (Å²) in [5, 5.41) is 0. The third-order valence-electron chi connectivity index (χ3n) is 4.66. The number of benzene rings is 1. The minimum Gasteiger partial charge on any atom is -0.338 e. The van der Waals surface area contributed by atoms with Gasteiger partial charge in [-0.15, -0.1) is 0 Å². The predicted octanol–water partition coefficient (Wildman–Crippen LogP) is 3.95. The zero-order chi connectivity index (χ0) is 15.1. The van der Waals surface area contributed by atoms with Crippen LogP contribution in [0.3, 0.4) is 0 Å². The van der Waals surface area contributed by atoms with Gasteiger partial charge in [0.1, 0.15) is 4.88 Å². The van der Waals surface area contributed by atoms with Crippen LogP contribution in [-0.4, -0.2) is 33.3 Å². The molecule has 4 nitrogen and oxygen atoms in total. The first kappa shape index (κ1) is 13.8. The molecule has 0 N–H and O–H groups in total. The Morgan fingerprint density at radius 2 is 2.05 bits per heavy atom. The number of rotatable bonds is 2. The molecule has 0 unspecified atom stereocenters. The van der Waals surface area contributed by atoms with Gasteiger partial charge in [-0.25, -0.2) is 4.98 Å². The van der Waals surface area contributed by atoms with E-state index in [0.717, 1.165) is 33.7 Å². The van der Waals surface area contributed by atoms with Crippen LogP contribution < -0.4 is 0 Å².